The Morgan fingerprint density at radius 2 is 1.91 bits per heavy atom. The lowest BCUT2D eigenvalue weighted by atomic mass is 9.95. The highest BCUT2D eigenvalue weighted by molar-refractivity contribution is 9.10. The van der Waals surface area contributed by atoms with Crippen LogP contribution in [0.3, 0.4) is 0 Å². The zero-order chi connectivity index (χ0) is 31.9. The molecule has 1 aliphatic rings. The first kappa shape index (κ1) is 33.4. The number of rotatable bonds is 13. The van der Waals surface area contributed by atoms with E-state index in [1.165, 1.54) is 11.8 Å². The SMILES string of the molecule is CCCCOC(=O)C1=C(C)Nc2nc(SCc3ccccc3Cl)nn2C1c1cc(Br)c(OCc2cccc(Br)c2)c(OCC)c1. The fourth-order valence-corrected chi connectivity index (χ4v) is 6.98. The molecule has 8 nitrogen and oxygen atoms in total. The molecular weight excluding hydrogens is 744 g/mol. The first-order chi connectivity index (χ1) is 21.8. The molecular formula is C33H33Br2ClN4O4S. The summed E-state index contributed by atoms with van der Waals surface area (Å²) in [5, 5.41) is 9.37. The average molecular weight is 777 g/mol. The summed E-state index contributed by atoms with van der Waals surface area (Å²) in [6.07, 6.45) is 1.69. The number of carbonyl (C=O) groups is 1. The number of thioether (sulfide) groups is 1. The Bertz CT molecular complexity index is 1710. The molecule has 0 radical (unpaired) electrons. The van der Waals surface area contributed by atoms with Gasteiger partial charge in [-0.3, -0.25) is 0 Å². The van der Waals surface area contributed by atoms with Crippen molar-refractivity contribution in [3.63, 3.8) is 0 Å². The molecule has 1 aromatic heterocycles. The van der Waals surface area contributed by atoms with Gasteiger partial charge in [0.05, 0.1) is 23.3 Å². The summed E-state index contributed by atoms with van der Waals surface area (Å²) in [4.78, 5) is 18.4. The van der Waals surface area contributed by atoms with Crippen molar-refractivity contribution in [3.8, 4) is 11.5 Å². The van der Waals surface area contributed by atoms with Crippen LogP contribution in [0, 0.1) is 0 Å². The summed E-state index contributed by atoms with van der Waals surface area (Å²) >= 11 is 15.1. The summed E-state index contributed by atoms with van der Waals surface area (Å²) in [5.74, 6) is 1.82. The number of halogens is 3. The van der Waals surface area contributed by atoms with Gasteiger partial charge in [0.1, 0.15) is 12.6 Å². The Morgan fingerprint density at radius 1 is 1.09 bits per heavy atom. The third kappa shape index (κ3) is 8.06. The van der Waals surface area contributed by atoms with Gasteiger partial charge in [0.25, 0.3) is 0 Å². The third-order valence-electron chi connectivity index (χ3n) is 7.02. The van der Waals surface area contributed by atoms with Crippen LogP contribution in [0.15, 0.2) is 86.0 Å². The van der Waals surface area contributed by atoms with E-state index in [-0.39, 0.29) is 0 Å². The number of unbranched alkanes of at least 4 members (excludes halogenated alkanes) is 1. The lowest BCUT2D eigenvalue weighted by Crippen LogP contribution is -2.30. The van der Waals surface area contributed by atoms with Crippen molar-refractivity contribution in [2.75, 3.05) is 18.5 Å². The number of carbonyl (C=O) groups excluding carboxylic acids is 1. The van der Waals surface area contributed by atoms with E-state index in [2.05, 4.69) is 44.1 Å². The highest BCUT2D eigenvalue weighted by Gasteiger charge is 2.36. The molecule has 1 unspecified atom stereocenters. The number of allylic oxidation sites excluding steroid dienone is 1. The van der Waals surface area contributed by atoms with Crippen LogP contribution in [0.2, 0.25) is 5.02 Å². The summed E-state index contributed by atoms with van der Waals surface area (Å²) in [6, 6.07) is 18.8. The Balaban J connectivity index is 1.52. The van der Waals surface area contributed by atoms with Crippen molar-refractivity contribution in [1.29, 1.82) is 0 Å². The summed E-state index contributed by atoms with van der Waals surface area (Å²) in [5.41, 5.74) is 3.85. The van der Waals surface area contributed by atoms with Gasteiger partial charge in [-0.05, 0) is 83.2 Å². The number of ether oxygens (including phenoxy) is 3. The minimum absolute atomic E-state index is 0.332. The molecule has 0 spiro atoms. The number of benzene rings is 3. The first-order valence-electron chi connectivity index (χ1n) is 14.6. The van der Waals surface area contributed by atoms with Crippen LogP contribution in [-0.2, 0) is 21.9 Å². The van der Waals surface area contributed by atoms with Gasteiger partial charge in [-0.1, -0.05) is 83.0 Å². The second-order valence-electron chi connectivity index (χ2n) is 10.3. The zero-order valence-corrected chi connectivity index (χ0v) is 29.9. The number of esters is 1. The van der Waals surface area contributed by atoms with Gasteiger partial charge in [0, 0.05) is 20.9 Å². The molecule has 0 saturated carbocycles. The van der Waals surface area contributed by atoms with Crippen LogP contribution in [0.25, 0.3) is 0 Å². The van der Waals surface area contributed by atoms with Crippen molar-refractivity contribution in [2.45, 2.75) is 57.2 Å². The summed E-state index contributed by atoms with van der Waals surface area (Å²) in [6.45, 7) is 6.93. The molecule has 5 rings (SSSR count). The van der Waals surface area contributed by atoms with Crippen molar-refractivity contribution in [2.24, 2.45) is 0 Å². The van der Waals surface area contributed by atoms with Gasteiger partial charge in [-0.25, -0.2) is 9.48 Å². The summed E-state index contributed by atoms with van der Waals surface area (Å²) in [7, 11) is 0. The smallest absolute Gasteiger partial charge is 0.338 e. The molecule has 236 valence electrons. The van der Waals surface area contributed by atoms with E-state index < -0.39 is 12.0 Å². The molecule has 0 fully saturated rings. The van der Waals surface area contributed by atoms with E-state index in [0.717, 1.165) is 34.0 Å². The minimum Gasteiger partial charge on any atom is -0.490 e. The Morgan fingerprint density at radius 3 is 2.67 bits per heavy atom. The number of hydrogen-bond acceptors (Lipinski definition) is 8. The van der Waals surface area contributed by atoms with E-state index >= 15 is 0 Å². The number of fused-ring (bicyclic) bond motifs is 1. The van der Waals surface area contributed by atoms with E-state index in [0.29, 0.717) is 68.9 Å². The maximum absolute atomic E-state index is 13.6. The van der Waals surface area contributed by atoms with E-state index in [4.69, 9.17) is 35.9 Å². The molecule has 0 aliphatic carbocycles. The summed E-state index contributed by atoms with van der Waals surface area (Å²) < 4.78 is 21.5. The molecule has 3 aromatic carbocycles. The Hall–Kier alpha value is -2.99. The highest BCUT2D eigenvalue weighted by atomic mass is 79.9. The molecule has 2 heterocycles. The van der Waals surface area contributed by atoms with Crippen LogP contribution in [0.5, 0.6) is 11.5 Å². The fourth-order valence-electron chi connectivity index (χ4n) is 4.84. The van der Waals surface area contributed by atoms with Gasteiger partial charge >= 0.3 is 5.97 Å². The molecule has 0 saturated heterocycles. The van der Waals surface area contributed by atoms with Gasteiger partial charge in [0.2, 0.25) is 11.1 Å². The van der Waals surface area contributed by atoms with Crippen LogP contribution in [0.1, 0.15) is 56.3 Å². The largest absolute Gasteiger partial charge is 0.490 e. The van der Waals surface area contributed by atoms with Gasteiger partial charge in [-0.2, -0.15) is 4.98 Å². The van der Waals surface area contributed by atoms with Gasteiger partial charge in [0.15, 0.2) is 11.5 Å². The molecule has 1 atom stereocenters. The second kappa shape index (κ2) is 15.5. The maximum atomic E-state index is 13.6. The Labute approximate surface area is 289 Å². The molecule has 1 aliphatic heterocycles. The van der Waals surface area contributed by atoms with Crippen LogP contribution < -0.4 is 14.8 Å². The lowest BCUT2D eigenvalue weighted by molar-refractivity contribution is -0.139. The predicted octanol–water partition coefficient (Wildman–Crippen LogP) is 9.36. The van der Waals surface area contributed by atoms with E-state index in [1.807, 2.05) is 74.5 Å². The molecule has 4 aromatic rings. The van der Waals surface area contributed by atoms with E-state index in [1.54, 1.807) is 4.68 Å². The number of hydrogen-bond donors (Lipinski definition) is 1. The average Bonchev–Trinajstić information content (AvgIpc) is 3.42. The lowest BCUT2D eigenvalue weighted by Gasteiger charge is -2.29. The minimum atomic E-state index is -0.632. The van der Waals surface area contributed by atoms with Crippen LogP contribution in [-0.4, -0.2) is 33.9 Å². The first-order valence-corrected chi connectivity index (χ1v) is 17.5. The van der Waals surface area contributed by atoms with E-state index in [9.17, 15) is 4.79 Å². The van der Waals surface area contributed by atoms with Crippen molar-refractivity contribution in [1.82, 2.24) is 14.8 Å². The quantitative estimate of drug-likeness (QED) is 0.0817. The van der Waals surface area contributed by atoms with Crippen LogP contribution in [0.4, 0.5) is 5.95 Å². The van der Waals surface area contributed by atoms with Crippen molar-refractivity contribution >= 4 is 67.1 Å². The standard InChI is InChI=1S/C33H33Br2ClN4O4S/c1-4-6-14-43-31(41)28-20(3)37-32-38-33(45-19-22-11-7-8-13-26(22)36)39-40(32)29(28)23-16-25(35)30(27(17-23)42-5-2)44-18-21-10-9-12-24(34)15-21/h7-13,15-17,29H,4-6,14,18-19H2,1-3H3,(H,37,38,39). The number of nitrogens with zero attached hydrogens (tertiary/aromatic N) is 3. The number of nitrogens with one attached hydrogen (secondary N) is 1. The molecule has 12 heteroatoms. The Kier molecular flexibility index (Phi) is 11.5. The maximum Gasteiger partial charge on any atom is 0.338 e. The van der Waals surface area contributed by atoms with Gasteiger partial charge < -0.3 is 19.5 Å². The molecule has 1 N–H and O–H groups in total. The number of anilines is 1. The van der Waals surface area contributed by atoms with Crippen LogP contribution >= 0.6 is 55.2 Å². The predicted molar refractivity (Wildman–Crippen MR) is 185 cm³/mol. The molecule has 0 bridgehead atoms. The molecule has 45 heavy (non-hydrogen) atoms. The van der Waals surface area contributed by atoms with Crippen molar-refractivity contribution in [3.05, 3.63) is 103 Å². The highest BCUT2D eigenvalue weighted by Crippen LogP contribution is 2.44. The zero-order valence-electron chi connectivity index (χ0n) is 25.1. The number of aromatic nitrogens is 3. The monoisotopic (exact) mass is 774 g/mol. The van der Waals surface area contributed by atoms with Gasteiger partial charge in [-0.15, -0.1) is 5.10 Å². The third-order valence-corrected chi connectivity index (χ3v) is 9.36. The molecule has 0 amide bonds. The topological polar surface area (TPSA) is 87.5 Å². The van der Waals surface area contributed by atoms with Crippen molar-refractivity contribution < 1.29 is 19.0 Å². The fraction of sp³-hybridized carbons (Fsp3) is 0.303. The normalized spacial score (nSPS) is 14.1. The second-order valence-corrected chi connectivity index (χ2v) is 13.4.